The zero-order valence-corrected chi connectivity index (χ0v) is 11.3. The van der Waals surface area contributed by atoms with Gasteiger partial charge >= 0.3 is 0 Å². The monoisotopic (exact) mass is 254 g/mol. The Labute approximate surface area is 106 Å². The Morgan fingerprint density at radius 3 is 2.71 bits per heavy atom. The molecule has 0 aliphatic rings. The normalized spacial score (nSPS) is 10.1. The fraction of sp³-hybridized carbons (Fsp3) is 0.545. The molecule has 1 amide bonds. The molecule has 94 valence electrons. The van der Waals surface area contributed by atoms with Crippen LogP contribution >= 0.6 is 11.8 Å². The summed E-state index contributed by atoms with van der Waals surface area (Å²) in [4.78, 5) is 21.4. The molecule has 0 aliphatic heterocycles. The zero-order chi connectivity index (χ0) is 12.7. The predicted octanol–water partition coefficient (Wildman–Crippen LogP) is 1.23. The molecule has 6 heteroatoms. The van der Waals surface area contributed by atoms with Gasteiger partial charge in [-0.25, -0.2) is 4.98 Å². The molecular weight excluding hydrogens is 236 g/mol. The van der Waals surface area contributed by atoms with Crippen LogP contribution in [0.3, 0.4) is 0 Å². The second-order valence-corrected chi connectivity index (χ2v) is 4.69. The van der Waals surface area contributed by atoms with Gasteiger partial charge in [0, 0.05) is 26.4 Å². The Morgan fingerprint density at radius 2 is 2.18 bits per heavy atom. The first-order valence-corrected chi connectivity index (χ1v) is 6.61. The minimum absolute atomic E-state index is 0.118. The van der Waals surface area contributed by atoms with Gasteiger partial charge in [0.15, 0.2) is 0 Å². The lowest BCUT2D eigenvalue weighted by Crippen LogP contribution is -2.23. The largest absolute Gasteiger partial charge is 0.369 e. The Hall–Kier alpha value is -1.30. The van der Waals surface area contributed by atoms with E-state index in [1.54, 1.807) is 43.2 Å². The Morgan fingerprint density at radius 1 is 1.41 bits per heavy atom. The van der Waals surface area contributed by atoms with Gasteiger partial charge in [-0.1, -0.05) is 0 Å². The van der Waals surface area contributed by atoms with Crippen molar-refractivity contribution in [2.24, 2.45) is 0 Å². The number of hydrogen-bond acceptors (Lipinski definition) is 5. The van der Waals surface area contributed by atoms with Crippen molar-refractivity contribution >= 4 is 23.5 Å². The highest BCUT2D eigenvalue weighted by Crippen LogP contribution is 2.10. The van der Waals surface area contributed by atoms with Crippen LogP contribution in [0.5, 0.6) is 0 Å². The van der Waals surface area contributed by atoms with Crippen LogP contribution in [-0.4, -0.2) is 47.2 Å². The molecule has 0 spiro atoms. The highest BCUT2D eigenvalue weighted by Gasteiger charge is 2.04. The third kappa shape index (κ3) is 5.04. The van der Waals surface area contributed by atoms with Gasteiger partial charge in [-0.3, -0.25) is 9.78 Å². The Bertz CT molecular complexity index is 353. The summed E-state index contributed by atoms with van der Waals surface area (Å²) >= 11 is 1.55. The molecule has 0 aromatic carbocycles. The number of rotatable bonds is 6. The minimum atomic E-state index is 0.118. The fourth-order valence-corrected chi connectivity index (χ4v) is 1.97. The maximum absolute atomic E-state index is 11.3. The average Bonchev–Trinajstić information content (AvgIpc) is 2.31. The number of anilines is 1. The van der Waals surface area contributed by atoms with Crippen molar-refractivity contribution in [2.45, 2.75) is 12.7 Å². The molecule has 1 aromatic heterocycles. The third-order valence-electron chi connectivity index (χ3n) is 2.04. The predicted molar refractivity (Wildman–Crippen MR) is 71.1 cm³/mol. The van der Waals surface area contributed by atoms with E-state index in [2.05, 4.69) is 15.3 Å². The van der Waals surface area contributed by atoms with Crippen LogP contribution in [0.4, 0.5) is 5.82 Å². The lowest BCUT2D eigenvalue weighted by atomic mass is 10.5. The van der Waals surface area contributed by atoms with Crippen LogP contribution in [0.15, 0.2) is 12.4 Å². The molecule has 0 aliphatic carbocycles. The van der Waals surface area contributed by atoms with E-state index in [9.17, 15) is 4.79 Å². The highest BCUT2D eigenvalue weighted by atomic mass is 32.2. The van der Waals surface area contributed by atoms with Crippen LogP contribution in [-0.2, 0) is 10.5 Å². The smallest absolute Gasteiger partial charge is 0.232 e. The van der Waals surface area contributed by atoms with Crippen molar-refractivity contribution in [2.75, 3.05) is 31.7 Å². The summed E-state index contributed by atoms with van der Waals surface area (Å²) < 4.78 is 0. The number of aromatic nitrogens is 2. The number of nitrogens with zero attached hydrogens (tertiary/aromatic N) is 3. The SMILES string of the molecule is CCNc1cnc(CSCC(=O)N(C)C)cn1. The maximum Gasteiger partial charge on any atom is 0.232 e. The standard InChI is InChI=1S/C11H18N4OS/c1-4-12-10-6-13-9(5-14-10)7-17-8-11(16)15(2)3/h5-6H,4,7-8H2,1-3H3,(H,12,14). The van der Waals surface area contributed by atoms with E-state index in [-0.39, 0.29) is 5.91 Å². The summed E-state index contributed by atoms with van der Waals surface area (Å²) in [6, 6.07) is 0. The average molecular weight is 254 g/mol. The van der Waals surface area contributed by atoms with Gasteiger partial charge in [-0.15, -0.1) is 11.8 Å². The molecule has 0 radical (unpaired) electrons. The van der Waals surface area contributed by atoms with Crippen LogP contribution in [0.1, 0.15) is 12.6 Å². The molecule has 1 aromatic rings. The molecule has 1 rings (SSSR count). The molecule has 0 saturated carbocycles. The van der Waals surface area contributed by atoms with Gasteiger partial charge in [0.25, 0.3) is 0 Å². The van der Waals surface area contributed by atoms with Crippen molar-refractivity contribution in [3.8, 4) is 0 Å². The number of hydrogen-bond donors (Lipinski definition) is 1. The quantitative estimate of drug-likeness (QED) is 0.827. The third-order valence-corrected chi connectivity index (χ3v) is 2.99. The topological polar surface area (TPSA) is 58.1 Å². The number of amides is 1. The second-order valence-electron chi connectivity index (χ2n) is 3.70. The number of nitrogens with one attached hydrogen (secondary N) is 1. The summed E-state index contributed by atoms with van der Waals surface area (Å²) in [7, 11) is 3.52. The molecule has 17 heavy (non-hydrogen) atoms. The van der Waals surface area contributed by atoms with Gasteiger partial charge in [0.1, 0.15) is 5.82 Å². The van der Waals surface area contributed by atoms with Gasteiger partial charge in [0.05, 0.1) is 23.8 Å². The van der Waals surface area contributed by atoms with Crippen LogP contribution < -0.4 is 5.32 Å². The summed E-state index contributed by atoms with van der Waals surface area (Å²) in [6.45, 7) is 2.85. The summed E-state index contributed by atoms with van der Waals surface area (Å²) in [5.41, 5.74) is 0.892. The first-order valence-electron chi connectivity index (χ1n) is 5.46. The molecule has 0 fully saturated rings. The molecule has 0 unspecified atom stereocenters. The summed E-state index contributed by atoms with van der Waals surface area (Å²) in [5, 5.41) is 3.08. The van der Waals surface area contributed by atoms with Crippen molar-refractivity contribution in [3.63, 3.8) is 0 Å². The Kier molecular flexibility index (Phi) is 5.76. The molecule has 1 heterocycles. The molecule has 0 saturated heterocycles. The van der Waals surface area contributed by atoms with Crippen molar-refractivity contribution in [1.82, 2.24) is 14.9 Å². The van der Waals surface area contributed by atoms with Crippen LogP contribution in [0, 0.1) is 0 Å². The van der Waals surface area contributed by atoms with Gasteiger partial charge < -0.3 is 10.2 Å². The second kappa shape index (κ2) is 7.11. The molecule has 0 atom stereocenters. The fourth-order valence-electron chi connectivity index (χ4n) is 1.07. The zero-order valence-electron chi connectivity index (χ0n) is 10.4. The lowest BCUT2D eigenvalue weighted by Gasteiger charge is -2.09. The maximum atomic E-state index is 11.3. The van der Waals surface area contributed by atoms with E-state index in [1.807, 2.05) is 6.92 Å². The van der Waals surface area contributed by atoms with Crippen molar-refractivity contribution in [3.05, 3.63) is 18.1 Å². The van der Waals surface area contributed by atoms with Crippen LogP contribution in [0.2, 0.25) is 0 Å². The Balaban J connectivity index is 2.34. The van der Waals surface area contributed by atoms with Gasteiger partial charge in [0.2, 0.25) is 5.91 Å². The number of carbonyl (C=O) groups excluding carboxylic acids is 1. The van der Waals surface area contributed by atoms with E-state index in [0.717, 1.165) is 18.1 Å². The lowest BCUT2D eigenvalue weighted by molar-refractivity contribution is -0.125. The first-order chi connectivity index (χ1) is 8.13. The van der Waals surface area contributed by atoms with Crippen molar-refractivity contribution < 1.29 is 4.79 Å². The van der Waals surface area contributed by atoms with Crippen LogP contribution in [0.25, 0.3) is 0 Å². The van der Waals surface area contributed by atoms with E-state index in [1.165, 1.54) is 0 Å². The molecular formula is C11H18N4OS. The van der Waals surface area contributed by atoms with Gasteiger partial charge in [-0.05, 0) is 6.92 Å². The number of carbonyl (C=O) groups is 1. The minimum Gasteiger partial charge on any atom is -0.369 e. The first kappa shape index (κ1) is 13.8. The van der Waals surface area contributed by atoms with E-state index in [4.69, 9.17) is 0 Å². The van der Waals surface area contributed by atoms with E-state index >= 15 is 0 Å². The van der Waals surface area contributed by atoms with Gasteiger partial charge in [-0.2, -0.15) is 0 Å². The summed E-state index contributed by atoms with van der Waals surface area (Å²) in [6.07, 6.45) is 3.46. The summed E-state index contributed by atoms with van der Waals surface area (Å²) in [5.74, 6) is 2.08. The molecule has 1 N–H and O–H groups in total. The molecule has 5 nitrogen and oxygen atoms in total. The number of thioether (sulfide) groups is 1. The highest BCUT2D eigenvalue weighted by molar-refractivity contribution is 7.99. The van der Waals surface area contributed by atoms with E-state index < -0.39 is 0 Å². The van der Waals surface area contributed by atoms with Crippen molar-refractivity contribution in [1.29, 1.82) is 0 Å². The molecule has 0 bridgehead atoms. The van der Waals surface area contributed by atoms with E-state index in [0.29, 0.717) is 11.5 Å².